The minimum atomic E-state index is -2.86. The zero-order valence-corrected chi connectivity index (χ0v) is 11.5. The van der Waals surface area contributed by atoms with Gasteiger partial charge in [-0.1, -0.05) is 0 Å². The van der Waals surface area contributed by atoms with Gasteiger partial charge in [0, 0.05) is 18.2 Å². The maximum atomic E-state index is 12.0. The largest absolute Gasteiger partial charge is 0.435 e. The van der Waals surface area contributed by atoms with Gasteiger partial charge in [0.15, 0.2) is 0 Å². The molecule has 7 heteroatoms. The zero-order chi connectivity index (χ0) is 13.8. The molecule has 1 aliphatic carbocycles. The fraction of sp³-hybridized carbons (Fsp3) is 0.462. The molecule has 1 aromatic carbocycles. The molecule has 20 heavy (non-hydrogen) atoms. The minimum Gasteiger partial charge on any atom is -0.435 e. The van der Waals surface area contributed by atoms with Crippen LogP contribution in [0.15, 0.2) is 24.3 Å². The molecule has 1 aromatic rings. The molecule has 0 radical (unpaired) electrons. The Morgan fingerprint density at radius 1 is 1.35 bits per heavy atom. The van der Waals surface area contributed by atoms with E-state index < -0.39 is 6.61 Å². The van der Waals surface area contributed by atoms with Gasteiger partial charge in [-0.25, -0.2) is 0 Å². The molecule has 1 aliphatic rings. The number of amides is 1. The van der Waals surface area contributed by atoms with Crippen molar-refractivity contribution in [3.8, 4) is 5.75 Å². The molecule has 1 atom stereocenters. The molecular formula is C13H17ClF2N2O2. The standard InChI is InChI=1S/C13H16F2N2O2.ClH/c14-13(15)19-10-5-3-9(4-6-10)12(18)17-11(7-16)8-1-2-8;/h3-6,8,11,13H,1-2,7,16H2,(H,17,18);1H. The Morgan fingerprint density at radius 3 is 2.40 bits per heavy atom. The molecule has 0 bridgehead atoms. The second-order valence-electron chi connectivity index (χ2n) is 4.56. The van der Waals surface area contributed by atoms with Crippen LogP contribution in [0.1, 0.15) is 23.2 Å². The number of benzene rings is 1. The molecular weight excluding hydrogens is 290 g/mol. The number of halogens is 3. The second-order valence-corrected chi connectivity index (χ2v) is 4.56. The highest BCUT2D eigenvalue weighted by Crippen LogP contribution is 2.32. The van der Waals surface area contributed by atoms with E-state index in [-0.39, 0.29) is 30.1 Å². The molecule has 1 unspecified atom stereocenters. The van der Waals surface area contributed by atoms with Gasteiger partial charge in [-0.05, 0) is 43.0 Å². The molecule has 0 saturated heterocycles. The number of hydrogen-bond acceptors (Lipinski definition) is 3. The number of alkyl halides is 2. The average Bonchev–Trinajstić information content (AvgIpc) is 3.20. The van der Waals surface area contributed by atoms with Gasteiger partial charge in [0.1, 0.15) is 5.75 Å². The van der Waals surface area contributed by atoms with E-state index in [1.807, 2.05) is 0 Å². The summed E-state index contributed by atoms with van der Waals surface area (Å²) in [5, 5.41) is 2.85. The molecule has 0 aliphatic heterocycles. The second kappa shape index (κ2) is 7.40. The van der Waals surface area contributed by atoms with E-state index in [0.717, 1.165) is 12.8 Å². The van der Waals surface area contributed by atoms with Crippen molar-refractivity contribution >= 4 is 18.3 Å². The number of rotatable bonds is 6. The van der Waals surface area contributed by atoms with Gasteiger partial charge >= 0.3 is 6.61 Å². The monoisotopic (exact) mass is 306 g/mol. The highest BCUT2D eigenvalue weighted by Gasteiger charge is 2.31. The Balaban J connectivity index is 0.00000200. The number of nitrogens with one attached hydrogen (secondary N) is 1. The van der Waals surface area contributed by atoms with Crippen LogP contribution < -0.4 is 15.8 Å². The summed E-state index contributed by atoms with van der Waals surface area (Å²) in [5.74, 6) is 0.255. The third-order valence-electron chi connectivity index (χ3n) is 3.10. The molecule has 112 valence electrons. The van der Waals surface area contributed by atoms with Crippen molar-refractivity contribution in [2.75, 3.05) is 6.54 Å². The highest BCUT2D eigenvalue weighted by molar-refractivity contribution is 5.94. The molecule has 2 rings (SSSR count). The van der Waals surface area contributed by atoms with Gasteiger partial charge < -0.3 is 15.8 Å². The predicted molar refractivity (Wildman–Crippen MR) is 73.4 cm³/mol. The van der Waals surface area contributed by atoms with E-state index in [4.69, 9.17) is 5.73 Å². The van der Waals surface area contributed by atoms with Crippen molar-refractivity contribution in [2.45, 2.75) is 25.5 Å². The predicted octanol–water partition coefficient (Wildman–Crippen LogP) is 2.18. The number of carbonyl (C=O) groups excluding carboxylic acids is 1. The van der Waals surface area contributed by atoms with E-state index in [2.05, 4.69) is 10.1 Å². The van der Waals surface area contributed by atoms with Crippen LogP contribution >= 0.6 is 12.4 Å². The Labute approximate surface area is 122 Å². The molecule has 4 nitrogen and oxygen atoms in total. The lowest BCUT2D eigenvalue weighted by molar-refractivity contribution is -0.0498. The first-order valence-corrected chi connectivity index (χ1v) is 6.16. The van der Waals surface area contributed by atoms with Crippen LogP contribution in [0.25, 0.3) is 0 Å². The topological polar surface area (TPSA) is 64.3 Å². The summed E-state index contributed by atoms with van der Waals surface area (Å²) < 4.78 is 28.2. The summed E-state index contributed by atoms with van der Waals surface area (Å²) in [5.41, 5.74) is 6.00. The van der Waals surface area contributed by atoms with Crippen molar-refractivity contribution in [2.24, 2.45) is 11.7 Å². The fourth-order valence-corrected chi connectivity index (χ4v) is 1.91. The average molecular weight is 307 g/mol. The maximum absolute atomic E-state index is 12.0. The van der Waals surface area contributed by atoms with Gasteiger partial charge in [-0.15, -0.1) is 12.4 Å². The number of nitrogens with two attached hydrogens (primary N) is 1. The van der Waals surface area contributed by atoms with E-state index >= 15 is 0 Å². The van der Waals surface area contributed by atoms with Crippen molar-refractivity contribution in [3.63, 3.8) is 0 Å². The van der Waals surface area contributed by atoms with Crippen molar-refractivity contribution in [1.82, 2.24) is 5.32 Å². The van der Waals surface area contributed by atoms with E-state index in [0.29, 0.717) is 18.0 Å². The number of ether oxygens (including phenoxy) is 1. The Bertz CT molecular complexity index is 439. The highest BCUT2D eigenvalue weighted by atomic mass is 35.5. The summed E-state index contributed by atoms with van der Waals surface area (Å²) in [6.45, 7) is -2.46. The summed E-state index contributed by atoms with van der Waals surface area (Å²) in [4.78, 5) is 11.9. The van der Waals surface area contributed by atoms with Crippen LogP contribution in [0.3, 0.4) is 0 Å². The SMILES string of the molecule is Cl.NCC(NC(=O)c1ccc(OC(F)F)cc1)C1CC1. The minimum absolute atomic E-state index is 0. The first-order chi connectivity index (χ1) is 9.10. The lowest BCUT2D eigenvalue weighted by Gasteiger charge is -2.16. The molecule has 0 spiro atoms. The first kappa shape index (κ1) is 16.7. The maximum Gasteiger partial charge on any atom is 0.387 e. The Morgan fingerprint density at radius 2 is 1.95 bits per heavy atom. The summed E-state index contributed by atoms with van der Waals surface area (Å²) in [6, 6.07) is 5.58. The fourth-order valence-electron chi connectivity index (χ4n) is 1.91. The number of carbonyl (C=O) groups is 1. The Hall–Kier alpha value is -1.40. The van der Waals surface area contributed by atoms with Crippen LogP contribution in [0, 0.1) is 5.92 Å². The first-order valence-electron chi connectivity index (χ1n) is 6.16. The normalized spacial score (nSPS) is 15.4. The summed E-state index contributed by atoms with van der Waals surface area (Å²) in [7, 11) is 0. The molecule has 3 N–H and O–H groups in total. The van der Waals surface area contributed by atoms with Crippen molar-refractivity contribution in [1.29, 1.82) is 0 Å². The van der Waals surface area contributed by atoms with E-state index in [1.54, 1.807) is 0 Å². The van der Waals surface area contributed by atoms with Gasteiger partial charge in [-0.2, -0.15) is 8.78 Å². The lowest BCUT2D eigenvalue weighted by atomic mass is 10.1. The number of hydrogen-bond donors (Lipinski definition) is 2. The van der Waals surface area contributed by atoms with Gasteiger partial charge in [0.25, 0.3) is 5.91 Å². The van der Waals surface area contributed by atoms with Gasteiger partial charge in [0.05, 0.1) is 0 Å². The van der Waals surface area contributed by atoms with Crippen LogP contribution in [0.5, 0.6) is 5.75 Å². The van der Waals surface area contributed by atoms with Crippen molar-refractivity contribution < 1.29 is 18.3 Å². The third-order valence-corrected chi connectivity index (χ3v) is 3.10. The summed E-state index contributed by atoms with van der Waals surface area (Å²) in [6.07, 6.45) is 2.17. The molecule has 0 aromatic heterocycles. The van der Waals surface area contributed by atoms with Crippen LogP contribution in [-0.2, 0) is 0 Å². The smallest absolute Gasteiger partial charge is 0.387 e. The van der Waals surface area contributed by atoms with Crippen LogP contribution in [-0.4, -0.2) is 25.1 Å². The molecule has 1 amide bonds. The summed E-state index contributed by atoms with van der Waals surface area (Å²) >= 11 is 0. The third kappa shape index (κ3) is 4.61. The van der Waals surface area contributed by atoms with E-state index in [1.165, 1.54) is 24.3 Å². The van der Waals surface area contributed by atoms with E-state index in [9.17, 15) is 13.6 Å². The van der Waals surface area contributed by atoms with Crippen LogP contribution in [0.4, 0.5) is 8.78 Å². The van der Waals surface area contributed by atoms with Gasteiger partial charge in [-0.3, -0.25) is 4.79 Å². The molecule has 1 saturated carbocycles. The quantitative estimate of drug-likeness (QED) is 0.846. The lowest BCUT2D eigenvalue weighted by Crippen LogP contribution is -2.41. The van der Waals surface area contributed by atoms with Crippen LogP contribution in [0.2, 0.25) is 0 Å². The zero-order valence-electron chi connectivity index (χ0n) is 10.7. The van der Waals surface area contributed by atoms with Crippen molar-refractivity contribution in [3.05, 3.63) is 29.8 Å². The molecule has 1 fully saturated rings. The van der Waals surface area contributed by atoms with Gasteiger partial charge in [0.2, 0.25) is 0 Å². The molecule has 0 heterocycles. The Kier molecular flexibility index (Phi) is 6.16.